The molecular weight excluding hydrogens is 140 g/mol. The van der Waals surface area contributed by atoms with Gasteiger partial charge in [-0.1, -0.05) is 0 Å². The van der Waals surface area contributed by atoms with Gasteiger partial charge < -0.3 is 10.7 Å². The summed E-state index contributed by atoms with van der Waals surface area (Å²) < 4.78 is 0. The van der Waals surface area contributed by atoms with Gasteiger partial charge in [-0.3, -0.25) is 0 Å². The summed E-state index contributed by atoms with van der Waals surface area (Å²) in [5.74, 6) is 0.402. The zero-order chi connectivity index (χ0) is 8.27. The van der Waals surface area contributed by atoms with Crippen LogP contribution in [0, 0.1) is 13.5 Å². The predicted octanol–water partition coefficient (Wildman–Crippen LogP) is 1.23. The SMILES string of the molecule is C#[N+]/C=C\c1nc(N)[nH]c1C. The number of aromatic amines is 1. The maximum absolute atomic E-state index is 5.39. The molecule has 0 unspecified atom stereocenters. The highest BCUT2D eigenvalue weighted by atomic mass is 15.0. The highest BCUT2D eigenvalue weighted by Gasteiger charge is 2.00. The maximum atomic E-state index is 5.39. The van der Waals surface area contributed by atoms with Crippen LogP contribution >= 0.6 is 0 Å². The number of hydrogen-bond donors (Lipinski definition) is 2. The van der Waals surface area contributed by atoms with Crippen LogP contribution in [0.15, 0.2) is 6.20 Å². The molecule has 1 rings (SSSR count). The topological polar surface area (TPSA) is 59.1 Å². The van der Waals surface area contributed by atoms with Gasteiger partial charge in [0.2, 0.25) is 0 Å². The smallest absolute Gasteiger partial charge is 0.307 e. The first kappa shape index (κ1) is 7.35. The number of imidazole rings is 1. The van der Waals surface area contributed by atoms with E-state index >= 15 is 0 Å². The second kappa shape index (κ2) is 2.88. The number of nitrogens with one attached hydrogen (secondary N) is 1. The number of aromatic nitrogens is 2. The van der Waals surface area contributed by atoms with Crippen molar-refractivity contribution in [2.75, 3.05) is 5.73 Å². The first-order chi connectivity index (χ1) is 5.24. The summed E-state index contributed by atoms with van der Waals surface area (Å²) in [5, 5.41) is 0. The molecule has 0 atom stereocenters. The molecule has 0 saturated carbocycles. The van der Waals surface area contributed by atoms with Crippen molar-refractivity contribution < 1.29 is 0 Å². The number of nitrogen functional groups attached to an aromatic ring is 1. The fraction of sp³-hybridized carbons (Fsp3) is 0.143. The Bertz CT molecular complexity index is 316. The standard InChI is InChI=1S/C7H9N4/c1-5-6(3-4-9-2)11-7(8)10-5/h2-4H,1H3,(H3,8,10,11)/q+1/b4-3-. The number of H-pyrrole nitrogens is 1. The van der Waals surface area contributed by atoms with Crippen LogP contribution in [-0.4, -0.2) is 9.97 Å². The van der Waals surface area contributed by atoms with E-state index < -0.39 is 0 Å². The van der Waals surface area contributed by atoms with Crippen molar-refractivity contribution in [3.63, 3.8) is 0 Å². The van der Waals surface area contributed by atoms with E-state index in [1.54, 1.807) is 6.08 Å². The first-order valence-corrected chi connectivity index (χ1v) is 3.12. The van der Waals surface area contributed by atoms with Crippen LogP contribution in [0.25, 0.3) is 10.9 Å². The minimum absolute atomic E-state index is 0.402. The summed E-state index contributed by atoms with van der Waals surface area (Å²) in [6.45, 7) is 6.78. The lowest BCUT2D eigenvalue weighted by Crippen LogP contribution is -1.84. The Hall–Kier alpha value is -1.76. The quantitative estimate of drug-likeness (QED) is 0.631. The molecule has 1 heterocycles. The van der Waals surface area contributed by atoms with Crippen molar-refractivity contribution in [2.24, 2.45) is 0 Å². The van der Waals surface area contributed by atoms with Gasteiger partial charge in [-0.25, -0.2) is 4.98 Å². The van der Waals surface area contributed by atoms with Crippen molar-refractivity contribution in [3.8, 4) is 6.57 Å². The van der Waals surface area contributed by atoms with E-state index in [1.807, 2.05) is 6.92 Å². The van der Waals surface area contributed by atoms with Crippen LogP contribution in [0.4, 0.5) is 5.95 Å². The Labute approximate surface area is 64.6 Å². The van der Waals surface area contributed by atoms with Crippen LogP contribution in [0.1, 0.15) is 11.4 Å². The molecule has 0 aliphatic heterocycles. The summed E-state index contributed by atoms with van der Waals surface area (Å²) in [6.07, 6.45) is 3.14. The van der Waals surface area contributed by atoms with Crippen molar-refractivity contribution in [3.05, 3.63) is 22.4 Å². The number of aryl methyl sites for hydroxylation is 1. The Balaban J connectivity index is 2.96. The summed E-state index contributed by atoms with van der Waals surface area (Å²) in [6, 6.07) is 0. The summed E-state index contributed by atoms with van der Waals surface area (Å²) in [7, 11) is 0. The Kier molecular flexibility index (Phi) is 1.93. The molecule has 1 aromatic rings. The van der Waals surface area contributed by atoms with E-state index in [0.717, 1.165) is 11.4 Å². The van der Waals surface area contributed by atoms with Gasteiger partial charge in [-0.05, 0) is 11.8 Å². The van der Waals surface area contributed by atoms with E-state index in [2.05, 4.69) is 14.8 Å². The number of anilines is 1. The minimum atomic E-state index is 0.402. The lowest BCUT2D eigenvalue weighted by molar-refractivity contribution is 1.26. The van der Waals surface area contributed by atoms with Crippen LogP contribution < -0.4 is 5.73 Å². The van der Waals surface area contributed by atoms with Crippen LogP contribution in [-0.2, 0) is 0 Å². The molecule has 0 aliphatic carbocycles. The number of nitrogens with two attached hydrogens (primary N) is 1. The van der Waals surface area contributed by atoms with Crippen LogP contribution in [0.5, 0.6) is 0 Å². The fourth-order valence-corrected chi connectivity index (χ4v) is 0.774. The molecule has 0 aromatic carbocycles. The normalized spacial score (nSPS) is 10.2. The average Bonchev–Trinajstić information content (AvgIpc) is 2.26. The van der Waals surface area contributed by atoms with E-state index in [0.29, 0.717) is 5.95 Å². The third kappa shape index (κ3) is 1.58. The van der Waals surface area contributed by atoms with Gasteiger partial charge in [0.15, 0.2) is 5.95 Å². The molecule has 11 heavy (non-hydrogen) atoms. The number of rotatable bonds is 1. The lowest BCUT2D eigenvalue weighted by atomic mass is 10.3. The molecule has 0 saturated heterocycles. The predicted molar refractivity (Wildman–Crippen MR) is 45.1 cm³/mol. The fourth-order valence-electron chi connectivity index (χ4n) is 0.774. The number of nitrogens with zero attached hydrogens (tertiary/aromatic N) is 2. The molecule has 56 valence electrons. The molecule has 0 spiro atoms. The highest BCUT2D eigenvalue weighted by Crippen LogP contribution is 2.07. The van der Waals surface area contributed by atoms with Gasteiger partial charge in [-0.15, -0.1) is 0 Å². The second-order valence-electron chi connectivity index (χ2n) is 2.10. The third-order valence-corrected chi connectivity index (χ3v) is 1.26. The molecule has 1 aromatic heterocycles. The highest BCUT2D eigenvalue weighted by molar-refractivity contribution is 5.50. The molecular formula is C7H9N4+. The van der Waals surface area contributed by atoms with Gasteiger partial charge in [0.1, 0.15) is 0 Å². The van der Waals surface area contributed by atoms with E-state index in [9.17, 15) is 0 Å². The van der Waals surface area contributed by atoms with Crippen LogP contribution in [0.2, 0.25) is 0 Å². The summed E-state index contributed by atoms with van der Waals surface area (Å²) in [5.41, 5.74) is 7.05. The molecule has 0 fully saturated rings. The summed E-state index contributed by atoms with van der Waals surface area (Å²) >= 11 is 0. The molecule has 3 N–H and O–H groups in total. The van der Waals surface area contributed by atoms with Gasteiger partial charge in [0.05, 0.1) is 5.69 Å². The molecule has 0 radical (unpaired) electrons. The average molecular weight is 149 g/mol. The van der Waals surface area contributed by atoms with Gasteiger partial charge in [0, 0.05) is 11.8 Å². The largest absolute Gasteiger partial charge is 0.369 e. The van der Waals surface area contributed by atoms with Crippen LogP contribution in [0.3, 0.4) is 0 Å². The van der Waals surface area contributed by atoms with Gasteiger partial charge in [0.25, 0.3) is 6.57 Å². The minimum Gasteiger partial charge on any atom is -0.369 e. The zero-order valence-electron chi connectivity index (χ0n) is 6.20. The zero-order valence-corrected chi connectivity index (χ0v) is 6.20. The maximum Gasteiger partial charge on any atom is 0.307 e. The first-order valence-electron chi connectivity index (χ1n) is 3.12. The summed E-state index contributed by atoms with van der Waals surface area (Å²) in [4.78, 5) is 10.1. The molecule has 0 aliphatic rings. The van der Waals surface area contributed by atoms with Crippen molar-refractivity contribution in [2.45, 2.75) is 6.92 Å². The van der Waals surface area contributed by atoms with Gasteiger partial charge in [-0.2, -0.15) is 0 Å². The Morgan fingerprint density at radius 3 is 2.91 bits per heavy atom. The van der Waals surface area contributed by atoms with E-state index in [-0.39, 0.29) is 0 Å². The van der Waals surface area contributed by atoms with Crippen molar-refractivity contribution >= 4 is 12.0 Å². The van der Waals surface area contributed by atoms with E-state index in [4.69, 9.17) is 12.3 Å². The molecule has 4 nitrogen and oxygen atoms in total. The molecule has 0 amide bonds. The van der Waals surface area contributed by atoms with E-state index in [1.165, 1.54) is 6.20 Å². The van der Waals surface area contributed by atoms with Gasteiger partial charge >= 0.3 is 6.20 Å². The third-order valence-electron chi connectivity index (χ3n) is 1.26. The Morgan fingerprint density at radius 1 is 1.73 bits per heavy atom. The van der Waals surface area contributed by atoms with Crippen molar-refractivity contribution in [1.29, 1.82) is 0 Å². The molecule has 0 bridgehead atoms. The van der Waals surface area contributed by atoms with Crippen molar-refractivity contribution in [1.82, 2.24) is 9.97 Å². The Morgan fingerprint density at radius 2 is 2.45 bits per heavy atom. The molecule has 4 heteroatoms. The number of hydrogen-bond acceptors (Lipinski definition) is 2. The monoisotopic (exact) mass is 149 g/mol. The lowest BCUT2D eigenvalue weighted by Gasteiger charge is -1.80. The second-order valence-corrected chi connectivity index (χ2v) is 2.10.